The summed E-state index contributed by atoms with van der Waals surface area (Å²) < 4.78 is 37.6. The van der Waals surface area contributed by atoms with Gasteiger partial charge >= 0.3 is 12.1 Å². The van der Waals surface area contributed by atoms with Crippen molar-refractivity contribution >= 4 is 5.97 Å². The van der Waals surface area contributed by atoms with Gasteiger partial charge in [-0.3, -0.25) is 4.79 Å². The van der Waals surface area contributed by atoms with Gasteiger partial charge in [-0.2, -0.15) is 13.2 Å². The zero-order chi connectivity index (χ0) is 13.5. The number of carboxylic acids is 1. The Morgan fingerprint density at radius 3 is 1.82 bits per heavy atom. The Kier molecular flexibility index (Phi) is 3.52. The quantitative estimate of drug-likeness (QED) is 0.769. The summed E-state index contributed by atoms with van der Waals surface area (Å²) in [5, 5.41) is 9.33. The van der Waals surface area contributed by atoms with Crippen molar-refractivity contribution in [1.29, 1.82) is 0 Å². The van der Waals surface area contributed by atoms with E-state index in [1.165, 1.54) is 0 Å². The summed E-state index contributed by atoms with van der Waals surface area (Å²) in [6.07, 6.45) is -4.13. The van der Waals surface area contributed by atoms with E-state index in [4.69, 9.17) is 0 Å². The number of hydrogen-bond acceptors (Lipinski definition) is 1. The van der Waals surface area contributed by atoms with Crippen LogP contribution in [0.15, 0.2) is 0 Å². The van der Waals surface area contributed by atoms with Crippen LogP contribution in [0.25, 0.3) is 0 Å². The van der Waals surface area contributed by atoms with Gasteiger partial charge in [0, 0.05) is 0 Å². The molecule has 17 heavy (non-hydrogen) atoms. The molecule has 0 aromatic carbocycles. The van der Waals surface area contributed by atoms with Gasteiger partial charge in [0.15, 0.2) is 0 Å². The molecule has 0 atom stereocenters. The predicted molar refractivity (Wildman–Crippen MR) is 57.5 cm³/mol. The number of hydrogen-bond donors (Lipinski definition) is 1. The van der Waals surface area contributed by atoms with Crippen LogP contribution in [0, 0.1) is 16.7 Å². The number of alkyl halides is 3. The standard InChI is InChI=1S/C12H19F3O2/c1-10(2,3)11(9(16)17)6-4-8(5-7-11)12(13,14)15/h8H,4-7H2,1-3H3,(H,16,17). The van der Waals surface area contributed by atoms with E-state index in [2.05, 4.69) is 0 Å². The summed E-state index contributed by atoms with van der Waals surface area (Å²) in [5.41, 5.74) is -1.54. The molecule has 0 spiro atoms. The molecule has 1 saturated carbocycles. The molecule has 1 rings (SSSR count). The summed E-state index contributed by atoms with van der Waals surface area (Å²) in [5.74, 6) is -2.30. The summed E-state index contributed by atoms with van der Waals surface area (Å²) in [4.78, 5) is 11.4. The molecule has 0 aromatic heterocycles. The van der Waals surface area contributed by atoms with Gasteiger partial charge in [0.05, 0.1) is 11.3 Å². The smallest absolute Gasteiger partial charge is 0.391 e. The van der Waals surface area contributed by atoms with Crippen LogP contribution < -0.4 is 0 Å². The number of aliphatic carboxylic acids is 1. The lowest BCUT2D eigenvalue weighted by atomic mass is 9.58. The van der Waals surface area contributed by atoms with Crippen LogP contribution in [0.2, 0.25) is 0 Å². The Morgan fingerprint density at radius 1 is 1.18 bits per heavy atom. The highest BCUT2D eigenvalue weighted by molar-refractivity contribution is 5.75. The van der Waals surface area contributed by atoms with Crippen LogP contribution in [-0.4, -0.2) is 17.3 Å². The van der Waals surface area contributed by atoms with Crippen LogP contribution in [-0.2, 0) is 4.79 Å². The zero-order valence-corrected chi connectivity index (χ0v) is 10.4. The Labute approximate surface area is 99.2 Å². The van der Waals surface area contributed by atoms with E-state index in [1.54, 1.807) is 20.8 Å². The molecule has 0 saturated heterocycles. The van der Waals surface area contributed by atoms with E-state index in [1.807, 2.05) is 0 Å². The average Bonchev–Trinajstić information content (AvgIpc) is 2.14. The molecule has 100 valence electrons. The second-order valence-electron chi connectivity index (χ2n) is 5.95. The maximum absolute atomic E-state index is 12.5. The molecule has 0 heterocycles. The Bertz CT molecular complexity index is 294. The highest BCUT2D eigenvalue weighted by Crippen LogP contribution is 2.53. The van der Waals surface area contributed by atoms with E-state index < -0.39 is 28.9 Å². The molecule has 0 amide bonds. The van der Waals surface area contributed by atoms with Gasteiger partial charge in [-0.1, -0.05) is 20.8 Å². The van der Waals surface area contributed by atoms with E-state index >= 15 is 0 Å². The minimum Gasteiger partial charge on any atom is -0.481 e. The van der Waals surface area contributed by atoms with Gasteiger partial charge in [-0.05, 0) is 31.1 Å². The molecule has 1 aliphatic rings. The van der Waals surface area contributed by atoms with Crippen molar-refractivity contribution in [2.75, 3.05) is 0 Å². The second-order valence-corrected chi connectivity index (χ2v) is 5.95. The van der Waals surface area contributed by atoms with E-state index in [-0.39, 0.29) is 25.7 Å². The summed E-state index contributed by atoms with van der Waals surface area (Å²) in [6, 6.07) is 0. The fourth-order valence-corrected chi connectivity index (χ4v) is 2.72. The molecular formula is C12H19F3O2. The van der Waals surface area contributed by atoms with Crippen LogP contribution in [0.1, 0.15) is 46.5 Å². The molecule has 0 aromatic rings. The number of rotatable bonds is 1. The molecule has 5 heteroatoms. The molecular weight excluding hydrogens is 233 g/mol. The van der Waals surface area contributed by atoms with Crippen LogP contribution in [0.3, 0.4) is 0 Å². The van der Waals surface area contributed by atoms with Crippen LogP contribution in [0.5, 0.6) is 0 Å². The molecule has 0 aliphatic heterocycles. The SMILES string of the molecule is CC(C)(C)C1(C(=O)O)CCC(C(F)(F)F)CC1. The second kappa shape index (κ2) is 4.18. The normalized spacial score (nSPS) is 31.3. The Hall–Kier alpha value is -0.740. The molecule has 1 fully saturated rings. The van der Waals surface area contributed by atoms with Crippen molar-refractivity contribution in [3.8, 4) is 0 Å². The Morgan fingerprint density at radius 2 is 1.59 bits per heavy atom. The van der Waals surface area contributed by atoms with Gasteiger partial charge < -0.3 is 5.11 Å². The summed E-state index contributed by atoms with van der Waals surface area (Å²) in [7, 11) is 0. The molecule has 0 unspecified atom stereocenters. The lowest BCUT2D eigenvalue weighted by molar-refractivity contribution is -0.197. The molecule has 2 nitrogen and oxygen atoms in total. The number of carboxylic acid groups (broad SMARTS) is 1. The first-order valence-electron chi connectivity index (χ1n) is 5.81. The van der Waals surface area contributed by atoms with E-state index in [9.17, 15) is 23.1 Å². The van der Waals surface area contributed by atoms with Gasteiger partial charge in [0.1, 0.15) is 0 Å². The third-order valence-corrected chi connectivity index (χ3v) is 4.15. The van der Waals surface area contributed by atoms with Crippen molar-refractivity contribution in [2.24, 2.45) is 16.7 Å². The predicted octanol–water partition coefficient (Wildman–Crippen LogP) is 3.86. The highest BCUT2D eigenvalue weighted by atomic mass is 19.4. The Balaban J connectivity index is 2.87. The monoisotopic (exact) mass is 252 g/mol. The average molecular weight is 252 g/mol. The van der Waals surface area contributed by atoms with E-state index in [0.29, 0.717) is 0 Å². The molecule has 0 bridgehead atoms. The largest absolute Gasteiger partial charge is 0.481 e. The minimum atomic E-state index is -4.19. The van der Waals surface area contributed by atoms with Crippen molar-refractivity contribution in [3.63, 3.8) is 0 Å². The first kappa shape index (κ1) is 14.3. The lowest BCUT2D eigenvalue weighted by Crippen LogP contribution is -2.47. The van der Waals surface area contributed by atoms with Crippen molar-refractivity contribution < 1.29 is 23.1 Å². The lowest BCUT2D eigenvalue weighted by Gasteiger charge is -2.46. The van der Waals surface area contributed by atoms with Gasteiger partial charge in [-0.25, -0.2) is 0 Å². The van der Waals surface area contributed by atoms with E-state index in [0.717, 1.165) is 0 Å². The zero-order valence-electron chi connectivity index (χ0n) is 10.4. The van der Waals surface area contributed by atoms with Gasteiger partial charge in [-0.15, -0.1) is 0 Å². The van der Waals surface area contributed by atoms with Crippen molar-refractivity contribution in [3.05, 3.63) is 0 Å². The maximum Gasteiger partial charge on any atom is 0.391 e. The third-order valence-electron chi connectivity index (χ3n) is 4.15. The van der Waals surface area contributed by atoms with Crippen LogP contribution in [0.4, 0.5) is 13.2 Å². The number of halogens is 3. The first-order valence-corrected chi connectivity index (χ1v) is 5.81. The van der Waals surface area contributed by atoms with Crippen molar-refractivity contribution in [2.45, 2.75) is 52.6 Å². The molecule has 1 aliphatic carbocycles. The van der Waals surface area contributed by atoms with Gasteiger partial charge in [0.2, 0.25) is 0 Å². The van der Waals surface area contributed by atoms with Gasteiger partial charge in [0.25, 0.3) is 0 Å². The minimum absolute atomic E-state index is 0.0763. The summed E-state index contributed by atoms with van der Waals surface area (Å²) in [6.45, 7) is 5.36. The van der Waals surface area contributed by atoms with Crippen molar-refractivity contribution in [1.82, 2.24) is 0 Å². The third kappa shape index (κ3) is 2.58. The highest BCUT2D eigenvalue weighted by Gasteiger charge is 2.54. The fraction of sp³-hybridized carbons (Fsp3) is 0.917. The topological polar surface area (TPSA) is 37.3 Å². The first-order chi connectivity index (χ1) is 7.51. The maximum atomic E-state index is 12.5. The summed E-state index contributed by atoms with van der Waals surface area (Å²) >= 11 is 0. The fourth-order valence-electron chi connectivity index (χ4n) is 2.72. The molecule has 0 radical (unpaired) electrons. The molecule has 1 N–H and O–H groups in total. The number of carbonyl (C=O) groups is 1. The van der Waals surface area contributed by atoms with Crippen LogP contribution >= 0.6 is 0 Å².